The number of hydrogen-bond donors (Lipinski definition) is 1. The first-order chi connectivity index (χ1) is 5.69. The number of halogens is 2. The summed E-state index contributed by atoms with van der Waals surface area (Å²) in [7, 11) is 1.44. The molecule has 0 aromatic heterocycles. The van der Waals surface area contributed by atoms with Crippen LogP contribution in [0.5, 0.6) is 5.75 Å². The molecule has 0 amide bonds. The minimum Gasteiger partial charge on any atom is -0.494 e. The van der Waals surface area contributed by atoms with Gasteiger partial charge in [-0.25, -0.2) is 4.39 Å². The molecule has 0 aliphatic carbocycles. The number of nitrogens with two attached hydrogens (primary N) is 1. The van der Waals surface area contributed by atoms with Crippen LogP contribution in [0.15, 0.2) is 12.1 Å². The number of hydrogen-bond acceptors (Lipinski definition) is 2. The highest BCUT2D eigenvalue weighted by Gasteiger charge is 2.06. The standard InChI is InChI=1S/C8H9FINO/c1-12-8-2-5(4-11)7(10)3-6(8)9/h2-3H,4,11H2,1H3. The average Bonchev–Trinajstić information content (AvgIpc) is 2.05. The van der Waals surface area contributed by atoms with Gasteiger partial charge in [-0.05, 0) is 40.3 Å². The van der Waals surface area contributed by atoms with E-state index < -0.39 is 0 Å². The molecule has 0 fully saturated rings. The molecule has 0 radical (unpaired) electrons. The quantitative estimate of drug-likeness (QED) is 0.840. The van der Waals surface area contributed by atoms with Gasteiger partial charge in [-0.2, -0.15) is 0 Å². The van der Waals surface area contributed by atoms with E-state index in [2.05, 4.69) is 0 Å². The molecular weight excluding hydrogens is 272 g/mol. The lowest BCUT2D eigenvalue weighted by atomic mass is 10.2. The Hall–Kier alpha value is -0.360. The molecule has 0 atom stereocenters. The Bertz CT molecular complexity index is 265. The Labute approximate surface area is 84.0 Å². The van der Waals surface area contributed by atoms with Crippen LogP contribution in [0.1, 0.15) is 5.56 Å². The summed E-state index contributed by atoms with van der Waals surface area (Å²) in [5.74, 6) is -0.102. The van der Waals surface area contributed by atoms with Crippen molar-refractivity contribution in [2.24, 2.45) is 5.73 Å². The van der Waals surface area contributed by atoms with Gasteiger partial charge in [0.15, 0.2) is 11.6 Å². The zero-order chi connectivity index (χ0) is 9.14. The van der Waals surface area contributed by atoms with Crippen molar-refractivity contribution < 1.29 is 9.13 Å². The Morgan fingerprint density at radius 3 is 2.75 bits per heavy atom. The van der Waals surface area contributed by atoms with E-state index in [0.717, 1.165) is 9.13 Å². The molecule has 2 nitrogen and oxygen atoms in total. The number of rotatable bonds is 2. The first kappa shape index (κ1) is 9.73. The smallest absolute Gasteiger partial charge is 0.166 e. The predicted octanol–water partition coefficient (Wildman–Crippen LogP) is 1.90. The van der Waals surface area contributed by atoms with E-state index in [1.165, 1.54) is 13.2 Å². The molecule has 0 unspecified atom stereocenters. The Kier molecular flexibility index (Phi) is 3.28. The lowest BCUT2D eigenvalue weighted by Gasteiger charge is -2.05. The molecule has 4 heteroatoms. The summed E-state index contributed by atoms with van der Waals surface area (Å²) in [6.07, 6.45) is 0. The van der Waals surface area contributed by atoms with Crippen LogP contribution in [0, 0.1) is 9.39 Å². The zero-order valence-electron chi connectivity index (χ0n) is 6.60. The monoisotopic (exact) mass is 281 g/mol. The molecule has 0 heterocycles. The lowest BCUT2D eigenvalue weighted by molar-refractivity contribution is 0.385. The molecule has 12 heavy (non-hydrogen) atoms. The van der Waals surface area contributed by atoms with Gasteiger partial charge in [-0.15, -0.1) is 0 Å². The van der Waals surface area contributed by atoms with Crippen molar-refractivity contribution in [3.8, 4) is 5.75 Å². The van der Waals surface area contributed by atoms with Crippen LogP contribution in [0.3, 0.4) is 0 Å². The third kappa shape index (κ3) is 1.87. The van der Waals surface area contributed by atoms with E-state index in [1.54, 1.807) is 6.07 Å². The van der Waals surface area contributed by atoms with Gasteiger partial charge in [0.05, 0.1) is 7.11 Å². The fourth-order valence-corrected chi connectivity index (χ4v) is 1.53. The van der Waals surface area contributed by atoms with Crippen molar-refractivity contribution in [3.63, 3.8) is 0 Å². The van der Waals surface area contributed by atoms with E-state index in [-0.39, 0.29) is 11.6 Å². The van der Waals surface area contributed by atoms with Crippen molar-refractivity contribution in [2.75, 3.05) is 7.11 Å². The van der Waals surface area contributed by atoms with E-state index in [1.807, 2.05) is 22.6 Å². The maximum absolute atomic E-state index is 13.0. The maximum atomic E-state index is 13.0. The predicted molar refractivity (Wildman–Crippen MR) is 53.6 cm³/mol. The van der Waals surface area contributed by atoms with Crippen molar-refractivity contribution in [3.05, 3.63) is 27.1 Å². The summed E-state index contributed by atoms with van der Waals surface area (Å²) in [4.78, 5) is 0. The second-order valence-electron chi connectivity index (χ2n) is 2.28. The van der Waals surface area contributed by atoms with Crippen LogP contribution < -0.4 is 10.5 Å². The van der Waals surface area contributed by atoms with Crippen LogP contribution in [0.2, 0.25) is 0 Å². The molecule has 0 spiro atoms. The van der Waals surface area contributed by atoms with E-state index in [4.69, 9.17) is 10.5 Å². The molecule has 0 saturated carbocycles. The lowest BCUT2D eigenvalue weighted by Crippen LogP contribution is -2.01. The van der Waals surface area contributed by atoms with Crippen LogP contribution in [-0.4, -0.2) is 7.11 Å². The number of ether oxygens (including phenoxy) is 1. The highest BCUT2D eigenvalue weighted by Crippen LogP contribution is 2.22. The summed E-state index contributed by atoms with van der Waals surface area (Å²) < 4.78 is 18.6. The molecular formula is C8H9FINO. The molecule has 1 aromatic carbocycles. The summed E-state index contributed by atoms with van der Waals surface area (Å²) in [6.45, 7) is 0.398. The molecule has 2 N–H and O–H groups in total. The molecule has 0 saturated heterocycles. The molecule has 0 aliphatic heterocycles. The fraction of sp³-hybridized carbons (Fsp3) is 0.250. The first-order valence-electron chi connectivity index (χ1n) is 3.41. The third-order valence-corrected chi connectivity index (χ3v) is 2.54. The largest absolute Gasteiger partial charge is 0.494 e. The second kappa shape index (κ2) is 4.04. The van der Waals surface area contributed by atoms with Gasteiger partial charge in [0.2, 0.25) is 0 Å². The Morgan fingerprint density at radius 2 is 2.25 bits per heavy atom. The van der Waals surface area contributed by atoms with Crippen molar-refractivity contribution >= 4 is 22.6 Å². The third-order valence-electron chi connectivity index (χ3n) is 1.54. The van der Waals surface area contributed by atoms with E-state index in [0.29, 0.717) is 6.54 Å². The fourth-order valence-electron chi connectivity index (χ4n) is 0.884. The van der Waals surface area contributed by atoms with Crippen LogP contribution in [0.25, 0.3) is 0 Å². The first-order valence-corrected chi connectivity index (χ1v) is 4.49. The SMILES string of the molecule is COc1cc(CN)c(I)cc1F. The summed E-state index contributed by atoms with van der Waals surface area (Å²) in [5, 5.41) is 0. The highest BCUT2D eigenvalue weighted by atomic mass is 127. The minimum absolute atomic E-state index is 0.246. The Morgan fingerprint density at radius 1 is 1.58 bits per heavy atom. The second-order valence-corrected chi connectivity index (χ2v) is 3.44. The Balaban J connectivity index is 3.18. The van der Waals surface area contributed by atoms with Crippen LogP contribution in [-0.2, 0) is 6.54 Å². The molecule has 1 rings (SSSR count). The molecule has 0 bridgehead atoms. The number of methoxy groups -OCH3 is 1. The van der Waals surface area contributed by atoms with Crippen LogP contribution >= 0.6 is 22.6 Å². The van der Waals surface area contributed by atoms with Gasteiger partial charge in [-0.1, -0.05) is 0 Å². The van der Waals surface area contributed by atoms with E-state index >= 15 is 0 Å². The van der Waals surface area contributed by atoms with E-state index in [9.17, 15) is 4.39 Å². The number of benzene rings is 1. The topological polar surface area (TPSA) is 35.2 Å². The van der Waals surface area contributed by atoms with Gasteiger partial charge >= 0.3 is 0 Å². The van der Waals surface area contributed by atoms with Gasteiger partial charge in [0, 0.05) is 10.1 Å². The normalized spacial score (nSPS) is 10.0. The summed E-state index contributed by atoms with van der Waals surface area (Å²) in [6, 6.07) is 3.04. The van der Waals surface area contributed by atoms with Gasteiger partial charge in [0.1, 0.15) is 0 Å². The summed E-state index contributed by atoms with van der Waals surface area (Å²) >= 11 is 2.04. The van der Waals surface area contributed by atoms with Gasteiger partial charge in [0.25, 0.3) is 0 Å². The minimum atomic E-state index is -0.348. The highest BCUT2D eigenvalue weighted by molar-refractivity contribution is 14.1. The van der Waals surface area contributed by atoms with Crippen LogP contribution in [0.4, 0.5) is 4.39 Å². The molecule has 0 aliphatic rings. The van der Waals surface area contributed by atoms with Crippen molar-refractivity contribution in [1.82, 2.24) is 0 Å². The summed E-state index contributed by atoms with van der Waals surface area (Å²) in [5.41, 5.74) is 6.34. The van der Waals surface area contributed by atoms with Gasteiger partial charge in [-0.3, -0.25) is 0 Å². The maximum Gasteiger partial charge on any atom is 0.166 e. The average molecular weight is 281 g/mol. The van der Waals surface area contributed by atoms with Crippen molar-refractivity contribution in [1.29, 1.82) is 0 Å². The van der Waals surface area contributed by atoms with Crippen molar-refractivity contribution in [2.45, 2.75) is 6.54 Å². The molecule has 1 aromatic rings. The van der Waals surface area contributed by atoms with Gasteiger partial charge < -0.3 is 10.5 Å². The zero-order valence-corrected chi connectivity index (χ0v) is 8.76. The molecule has 66 valence electrons.